The topological polar surface area (TPSA) is 82.2 Å². The molecular formula is C17H18N4O3. The molecule has 0 radical (unpaired) electrons. The number of hydrogen-bond donors (Lipinski definition) is 1. The van der Waals surface area contributed by atoms with Crippen LogP contribution in [0.1, 0.15) is 16.9 Å². The SMILES string of the molecule is COc1cccc(-c2ocnc2C(=O)NCCCn2ccnc2)c1. The van der Waals surface area contributed by atoms with E-state index in [1.54, 1.807) is 25.7 Å². The van der Waals surface area contributed by atoms with E-state index in [4.69, 9.17) is 9.15 Å². The van der Waals surface area contributed by atoms with Gasteiger partial charge in [-0.2, -0.15) is 0 Å². The van der Waals surface area contributed by atoms with Gasteiger partial charge >= 0.3 is 0 Å². The van der Waals surface area contributed by atoms with Gasteiger partial charge < -0.3 is 19.0 Å². The summed E-state index contributed by atoms with van der Waals surface area (Å²) in [6.07, 6.45) is 7.44. The number of nitrogens with one attached hydrogen (secondary N) is 1. The number of rotatable bonds is 7. The largest absolute Gasteiger partial charge is 0.497 e. The third-order valence-electron chi connectivity index (χ3n) is 3.55. The Morgan fingerprint density at radius 1 is 1.42 bits per heavy atom. The highest BCUT2D eigenvalue weighted by Crippen LogP contribution is 2.26. The molecule has 3 rings (SSSR count). The molecule has 1 aromatic carbocycles. The van der Waals surface area contributed by atoms with E-state index in [0.717, 1.165) is 18.5 Å². The zero-order chi connectivity index (χ0) is 16.8. The molecule has 0 unspecified atom stereocenters. The van der Waals surface area contributed by atoms with Crippen LogP contribution in [0.25, 0.3) is 11.3 Å². The van der Waals surface area contributed by atoms with Crippen molar-refractivity contribution in [3.05, 3.63) is 55.1 Å². The van der Waals surface area contributed by atoms with E-state index in [1.807, 2.05) is 29.0 Å². The third kappa shape index (κ3) is 3.62. The maximum Gasteiger partial charge on any atom is 0.273 e. The van der Waals surface area contributed by atoms with Crippen molar-refractivity contribution in [2.24, 2.45) is 0 Å². The van der Waals surface area contributed by atoms with Gasteiger partial charge in [0, 0.05) is 31.0 Å². The van der Waals surface area contributed by atoms with Crippen molar-refractivity contribution in [3.63, 3.8) is 0 Å². The fourth-order valence-corrected chi connectivity index (χ4v) is 2.34. The Bertz CT molecular complexity index is 796. The van der Waals surface area contributed by atoms with Gasteiger partial charge in [0.15, 0.2) is 17.8 Å². The maximum atomic E-state index is 12.3. The van der Waals surface area contributed by atoms with Crippen molar-refractivity contribution < 1.29 is 13.9 Å². The Morgan fingerprint density at radius 2 is 2.33 bits per heavy atom. The highest BCUT2D eigenvalue weighted by molar-refractivity contribution is 5.97. The molecule has 2 aromatic heterocycles. The molecule has 0 aliphatic heterocycles. The number of benzene rings is 1. The number of hydrogen-bond acceptors (Lipinski definition) is 5. The lowest BCUT2D eigenvalue weighted by molar-refractivity contribution is 0.0948. The second-order valence-electron chi connectivity index (χ2n) is 5.17. The molecule has 0 bridgehead atoms. The lowest BCUT2D eigenvalue weighted by Crippen LogP contribution is -2.26. The van der Waals surface area contributed by atoms with Crippen LogP contribution >= 0.6 is 0 Å². The molecule has 0 atom stereocenters. The predicted molar refractivity (Wildman–Crippen MR) is 87.7 cm³/mol. The van der Waals surface area contributed by atoms with E-state index in [2.05, 4.69) is 15.3 Å². The number of aryl methyl sites for hydroxylation is 1. The van der Waals surface area contributed by atoms with Crippen LogP contribution in [-0.4, -0.2) is 34.1 Å². The summed E-state index contributed by atoms with van der Waals surface area (Å²) in [7, 11) is 1.59. The van der Waals surface area contributed by atoms with Crippen molar-refractivity contribution >= 4 is 5.91 Å². The summed E-state index contributed by atoms with van der Waals surface area (Å²) in [5.41, 5.74) is 1.02. The van der Waals surface area contributed by atoms with Gasteiger partial charge in [-0.1, -0.05) is 12.1 Å². The molecule has 3 aromatic rings. The van der Waals surface area contributed by atoms with Crippen molar-refractivity contribution in [1.29, 1.82) is 0 Å². The van der Waals surface area contributed by atoms with Crippen LogP contribution < -0.4 is 10.1 Å². The summed E-state index contributed by atoms with van der Waals surface area (Å²) in [6.45, 7) is 1.34. The number of amides is 1. The van der Waals surface area contributed by atoms with Crippen LogP contribution in [0.2, 0.25) is 0 Å². The van der Waals surface area contributed by atoms with E-state index in [0.29, 0.717) is 18.1 Å². The summed E-state index contributed by atoms with van der Waals surface area (Å²) in [5.74, 6) is 0.865. The number of ether oxygens (including phenoxy) is 1. The monoisotopic (exact) mass is 326 g/mol. The predicted octanol–water partition coefficient (Wildman–Crippen LogP) is 2.37. The Balaban J connectivity index is 1.62. The standard InChI is InChI=1S/C17H18N4O3/c1-23-14-5-2-4-13(10-14)16-15(20-12-24-16)17(22)19-6-3-8-21-9-7-18-11-21/h2,4-5,7,9-12H,3,6,8H2,1H3,(H,19,22). The van der Waals surface area contributed by atoms with Crippen molar-refractivity contribution in [2.75, 3.05) is 13.7 Å². The number of aromatic nitrogens is 3. The van der Waals surface area contributed by atoms with E-state index in [1.165, 1.54) is 6.39 Å². The molecule has 124 valence electrons. The summed E-state index contributed by atoms with van der Waals surface area (Å²) in [5, 5.41) is 2.86. The molecule has 2 heterocycles. The Kier molecular flexibility index (Phi) is 4.90. The first kappa shape index (κ1) is 15.8. The molecule has 1 N–H and O–H groups in total. The molecule has 0 fully saturated rings. The number of carbonyl (C=O) groups is 1. The molecule has 0 aliphatic carbocycles. The molecule has 0 saturated carbocycles. The first-order chi connectivity index (χ1) is 11.8. The second-order valence-corrected chi connectivity index (χ2v) is 5.17. The molecule has 0 aliphatic rings. The summed E-state index contributed by atoms with van der Waals surface area (Å²) in [6, 6.07) is 7.31. The van der Waals surface area contributed by atoms with E-state index in [9.17, 15) is 4.79 Å². The normalized spacial score (nSPS) is 10.5. The molecule has 0 spiro atoms. The Hall–Kier alpha value is -3.09. The van der Waals surface area contributed by atoms with Gasteiger partial charge in [0.2, 0.25) is 0 Å². The van der Waals surface area contributed by atoms with Gasteiger partial charge in [0.05, 0.1) is 13.4 Å². The number of imidazole rings is 1. The van der Waals surface area contributed by atoms with Crippen molar-refractivity contribution in [2.45, 2.75) is 13.0 Å². The minimum absolute atomic E-state index is 0.257. The maximum absolute atomic E-state index is 12.3. The summed E-state index contributed by atoms with van der Waals surface area (Å²) < 4.78 is 12.6. The van der Waals surface area contributed by atoms with E-state index < -0.39 is 0 Å². The van der Waals surface area contributed by atoms with Crippen LogP contribution in [0, 0.1) is 0 Å². The fraction of sp³-hybridized carbons (Fsp3) is 0.235. The third-order valence-corrected chi connectivity index (χ3v) is 3.55. The van der Waals surface area contributed by atoms with Gasteiger partial charge in [-0.05, 0) is 18.6 Å². The van der Waals surface area contributed by atoms with E-state index >= 15 is 0 Å². The molecule has 1 amide bonds. The Labute approximate surface area is 139 Å². The van der Waals surface area contributed by atoms with Crippen LogP contribution in [0.3, 0.4) is 0 Å². The first-order valence-corrected chi connectivity index (χ1v) is 7.60. The number of oxazole rings is 1. The second kappa shape index (κ2) is 7.45. The number of methoxy groups -OCH3 is 1. The van der Waals surface area contributed by atoms with E-state index in [-0.39, 0.29) is 11.6 Å². The molecule has 0 saturated heterocycles. The van der Waals surface area contributed by atoms with Gasteiger partial charge in [-0.3, -0.25) is 4.79 Å². The van der Waals surface area contributed by atoms with Gasteiger partial charge in [0.1, 0.15) is 5.75 Å². The number of carbonyl (C=O) groups excluding carboxylic acids is 1. The highest BCUT2D eigenvalue weighted by Gasteiger charge is 2.18. The smallest absolute Gasteiger partial charge is 0.273 e. The van der Waals surface area contributed by atoms with Crippen LogP contribution in [0.4, 0.5) is 0 Å². The van der Waals surface area contributed by atoms with Crippen LogP contribution in [0.15, 0.2) is 53.8 Å². The van der Waals surface area contributed by atoms with Gasteiger partial charge in [-0.15, -0.1) is 0 Å². The average molecular weight is 326 g/mol. The number of nitrogens with zero attached hydrogens (tertiary/aromatic N) is 3. The van der Waals surface area contributed by atoms with Gasteiger partial charge in [0.25, 0.3) is 5.91 Å². The highest BCUT2D eigenvalue weighted by atomic mass is 16.5. The van der Waals surface area contributed by atoms with Crippen LogP contribution in [-0.2, 0) is 6.54 Å². The quantitative estimate of drug-likeness (QED) is 0.674. The lowest BCUT2D eigenvalue weighted by Gasteiger charge is -2.06. The van der Waals surface area contributed by atoms with Gasteiger partial charge in [-0.25, -0.2) is 9.97 Å². The summed E-state index contributed by atoms with van der Waals surface area (Å²) >= 11 is 0. The average Bonchev–Trinajstić information content (AvgIpc) is 3.30. The molecule has 24 heavy (non-hydrogen) atoms. The fourth-order valence-electron chi connectivity index (χ4n) is 2.34. The minimum Gasteiger partial charge on any atom is -0.497 e. The zero-order valence-electron chi connectivity index (χ0n) is 13.3. The lowest BCUT2D eigenvalue weighted by atomic mass is 10.1. The zero-order valence-corrected chi connectivity index (χ0v) is 13.3. The minimum atomic E-state index is -0.257. The molecule has 7 heteroatoms. The van der Waals surface area contributed by atoms with Crippen LogP contribution in [0.5, 0.6) is 5.75 Å². The van der Waals surface area contributed by atoms with Crippen molar-refractivity contribution in [1.82, 2.24) is 19.9 Å². The summed E-state index contributed by atoms with van der Waals surface area (Å²) in [4.78, 5) is 20.4. The molecular weight excluding hydrogens is 308 g/mol. The molecule has 7 nitrogen and oxygen atoms in total. The van der Waals surface area contributed by atoms with Crippen molar-refractivity contribution in [3.8, 4) is 17.1 Å². The first-order valence-electron chi connectivity index (χ1n) is 7.60. The Morgan fingerprint density at radius 3 is 3.12 bits per heavy atom.